The van der Waals surface area contributed by atoms with Gasteiger partial charge in [-0.05, 0) is 0 Å². The van der Waals surface area contributed by atoms with Crippen molar-refractivity contribution >= 4 is 29.1 Å². The summed E-state index contributed by atoms with van der Waals surface area (Å²) in [6.07, 6.45) is 7.53. The Hall–Kier alpha value is 0.830. The van der Waals surface area contributed by atoms with Gasteiger partial charge in [0.25, 0.3) is 0 Å². The molecule has 0 heterocycles. The summed E-state index contributed by atoms with van der Waals surface area (Å²) < 4.78 is 8.84. The zero-order valence-electron chi connectivity index (χ0n) is 7.97. The van der Waals surface area contributed by atoms with Gasteiger partial charge in [-0.1, -0.05) is 0 Å². The van der Waals surface area contributed by atoms with E-state index >= 15 is 0 Å². The SMILES string of the molecule is C=C[C@H](CC=NI)N[I-]CCCC. The van der Waals surface area contributed by atoms with E-state index in [1.807, 2.05) is 35.2 Å². The number of unbranched alkanes of at least 4 members (excludes halogenated alkanes) is 1. The van der Waals surface area contributed by atoms with Gasteiger partial charge in [0, 0.05) is 0 Å². The van der Waals surface area contributed by atoms with Gasteiger partial charge in [-0.15, -0.1) is 0 Å². The van der Waals surface area contributed by atoms with Crippen LogP contribution in [-0.4, -0.2) is 16.7 Å². The Balaban J connectivity index is 3.42. The quantitative estimate of drug-likeness (QED) is 0.147. The summed E-state index contributed by atoms with van der Waals surface area (Å²) in [5.74, 6) is 0. The van der Waals surface area contributed by atoms with E-state index < -0.39 is 0 Å². The third-order valence-corrected chi connectivity index (χ3v) is 4.45. The van der Waals surface area contributed by atoms with Gasteiger partial charge in [0.15, 0.2) is 0 Å². The van der Waals surface area contributed by atoms with E-state index in [1.54, 1.807) is 0 Å². The second kappa shape index (κ2) is 10.9. The molecule has 78 valence electrons. The second-order valence-electron chi connectivity index (χ2n) is 2.64. The van der Waals surface area contributed by atoms with E-state index in [0.717, 1.165) is 6.42 Å². The molecule has 0 radical (unpaired) electrons. The molecular weight excluding hydrogens is 390 g/mol. The Morgan fingerprint density at radius 2 is 2.46 bits per heavy atom. The van der Waals surface area contributed by atoms with Crippen LogP contribution in [0.2, 0.25) is 0 Å². The maximum absolute atomic E-state index is 3.94. The molecule has 0 aromatic heterocycles. The molecule has 0 bridgehead atoms. The first-order valence-electron chi connectivity index (χ1n) is 4.44. The van der Waals surface area contributed by atoms with Gasteiger partial charge < -0.3 is 0 Å². The van der Waals surface area contributed by atoms with Crippen molar-refractivity contribution in [1.29, 1.82) is 0 Å². The molecule has 1 atom stereocenters. The summed E-state index contributed by atoms with van der Waals surface area (Å²) in [6, 6.07) is 0.433. The number of rotatable bonds is 8. The topological polar surface area (TPSA) is 24.4 Å². The van der Waals surface area contributed by atoms with Crippen molar-refractivity contribution in [2.24, 2.45) is 3.21 Å². The first-order valence-corrected chi connectivity index (χ1v) is 8.01. The monoisotopic (exact) mass is 407 g/mol. The first-order chi connectivity index (χ1) is 6.35. The van der Waals surface area contributed by atoms with Crippen LogP contribution >= 0.6 is 22.9 Å². The fourth-order valence-electron chi connectivity index (χ4n) is 0.693. The molecule has 2 nitrogen and oxygen atoms in total. The Kier molecular flexibility index (Phi) is 11.6. The zero-order valence-corrected chi connectivity index (χ0v) is 12.3. The van der Waals surface area contributed by atoms with Crippen LogP contribution in [0, 0.1) is 0 Å². The molecule has 0 fully saturated rings. The van der Waals surface area contributed by atoms with Crippen molar-refractivity contribution < 1.29 is 21.5 Å². The summed E-state index contributed by atoms with van der Waals surface area (Å²) in [4.78, 5) is 0. The molecule has 13 heavy (non-hydrogen) atoms. The van der Waals surface area contributed by atoms with Gasteiger partial charge in [-0.2, -0.15) is 0 Å². The van der Waals surface area contributed by atoms with Gasteiger partial charge in [0.1, 0.15) is 0 Å². The standard InChI is InChI=1S/C9H17I2N2/c1-3-5-7-11-13-9(4-2)6-8-12-10/h4,8-9,13H,2-3,5-7H2,1H3/q-1/t9-/m1/s1. The minimum atomic E-state index is 0.169. The predicted octanol–water partition coefficient (Wildman–Crippen LogP) is -0.254. The average molecular weight is 407 g/mol. The number of hydrogen-bond acceptors (Lipinski definition) is 2. The average Bonchev–Trinajstić information content (AvgIpc) is 2.17. The van der Waals surface area contributed by atoms with Crippen LogP contribution < -0.4 is 25.0 Å². The number of nitrogens with zero attached hydrogens (tertiary/aromatic N) is 1. The minimum absolute atomic E-state index is 0.169. The first kappa shape index (κ1) is 13.8. The van der Waals surface area contributed by atoms with E-state index in [4.69, 9.17) is 0 Å². The van der Waals surface area contributed by atoms with Gasteiger partial charge in [-0.25, -0.2) is 0 Å². The molecule has 0 saturated heterocycles. The number of hydrogen-bond donors (Lipinski definition) is 1. The zero-order chi connectivity index (χ0) is 9.94. The molecule has 0 aromatic rings. The molecular formula is C9H17I2N2-. The Bertz CT molecular complexity index is 149. The fraction of sp³-hybridized carbons (Fsp3) is 0.667. The van der Waals surface area contributed by atoms with Crippen molar-refractivity contribution in [3.8, 4) is 0 Å². The Morgan fingerprint density at radius 1 is 1.69 bits per heavy atom. The van der Waals surface area contributed by atoms with Crippen molar-refractivity contribution in [2.75, 3.05) is 4.43 Å². The van der Waals surface area contributed by atoms with Crippen LogP contribution in [0.25, 0.3) is 0 Å². The summed E-state index contributed by atoms with van der Waals surface area (Å²) in [7, 11) is 0. The molecule has 0 saturated carbocycles. The normalized spacial score (nSPS) is 13.7. The van der Waals surface area contributed by atoms with Crippen molar-refractivity contribution in [3.05, 3.63) is 12.7 Å². The van der Waals surface area contributed by atoms with E-state index in [0.29, 0.717) is 6.04 Å². The number of alkyl halides is 1. The summed E-state index contributed by atoms with van der Waals surface area (Å²) in [5, 5.41) is 0. The Labute approximate surface area is 106 Å². The molecule has 0 aliphatic heterocycles. The van der Waals surface area contributed by atoms with Crippen molar-refractivity contribution in [1.82, 2.24) is 3.53 Å². The van der Waals surface area contributed by atoms with E-state index in [2.05, 4.69) is 20.2 Å². The van der Waals surface area contributed by atoms with Gasteiger partial charge in [0.05, 0.1) is 0 Å². The summed E-state index contributed by atoms with van der Waals surface area (Å²) >= 11 is 2.17. The summed E-state index contributed by atoms with van der Waals surface area (Å²) in [6.45, 7) is 6.04. The van der Waals surface area contributed by atoms with Crippen LogP contribution in [0.4, 0.5) is 0 Å². The molecule has 0 aromatic carbocycles. The fourth-order valence-corrected chi connectivity index (χ4v) is 3.45. The summed E-state index contributed by atoms with van der Waals surface area (Å²) in [5.41, 5.74) is 0. The van der Waals surface area contributed by atoms with Crippen LogP contribution in [0.3, 0.4) is 0 Å². The van der Waals surface area contributed by atoms with E-state index in [1.165, 1.54) is 17.3 Å². The van der Waals surface area contributed by atoms with Crippen molar-refractivity contribution in [3.63, 3.8) is 0 Å². The molecule has 0 rings (SSSR count). The molecule has 0 aliphatic rings. The van der Waals surface area contributed by atoms with E-state index in [-0.39, 0.29) is 21.5 Å². The van der Waals surface area contributed by atoms with Crippen LogP contribution in [0.15, 0.2) is 15.9 Å². The third-order valence-electron chi connectivity index (χ3n) is 1.51. The Morgan fingerprint density at radius 3 is 3.00 bits per heavy atom. The number of nitrogens with one attached hydrogen (secondary N) is 1. The van der Waals surface area contributed by atoms with Gasteiger partial charge in [0.2, 0.25) is 0 Å². The molecule has 4 heteroatoms. The number of halogens is 2. The van der Waals surface area contributed by atoms with E-state index in [9.17, 15) is 0 Å². The van der Waals surface area contributed by atoms with Crippen molar-refractivity contribution in [2.45, 2.75) is 32.2 Å². The van der Waals surface area contributed by atoms with Crippen LogP contribution in [-0.2, 0) is 0 Å². The molecule has 1 N–H and O–H groups in total. The predicted molar refractivity (Wildman–Crippen MR) is 64.0 cm³/mol. The third kappa shape index (κ3) is 9.14. The van der Waals surface area contributed by atoms with Gasteiger partial charge in [-0.3, -0.25) is 0 Å². The maximum atomic E-state index is 3.94. The molecule has 0 aliphatic carbocycles. The van der Waals surface area contributed by atoms with Crippen LogP contribution in [0.1, 0.15) is 26.2 Å². The van der Waals surface area contributed by atoms with Crippen LogP contribution in [0.5, 0.6) is 0 Å². The van der Waals surface area contributed by atoms with Gasteiger partial charge >= 0.3 is 107 Å². The molecule has 0 spiro atoms. The molecule has 0 unspecified atom stereocenters. The second-order valence-corrected chi connectivity index (χ2v) is 5.66. The molecule has 0 amide bonds.